The van der Waals surface area contributed by atoms with Crippen molar-refractivity contribution in [2.24, 2.45) is 0 Å². The summed E-state index contributed by atoms with van der Waals surface area (Å²) in [5, 5.41) is 3.07. The Kier molecular flexibility index (Phi) is 4.37. The molecule has 1 aromatic carbocycles. The number of nitrogens with one attached hydrogen (secondary N) is 2. The first-order valence-corrected chi connectivity index (χ1v) is 9.46. The molecule has 0 radical (unpaired) electrons. The summed E-state index contributed by atoms with van der Waals surface area (Å²) in [5.41, 5.74) is 2.90. The van der Waals surface area contributed by atoms with Crippen molar-refractivity contribution in [3.8, 4) is 0 Å². The summed E-state index contributed by atoms with van der Waals surface area (Å²) < 4.78 is 1.40. The van der Waals surface area contributed by atoms with Crippen molar-refractivity contribution in [2.75, 3.05) is 5.32 Å². The molecule has 1 aliphatic rings. The third-order valence-electron chi connectivity index (χ3n) is 5.38. The molecule has 2 N–H and O–H groups in total. The summed E-state index contributed by atoms with van der Waals surface area (Å²) in [6, 6.07) is 7.38. The molecule has 0 aliphatic heterocycles. The Labute approximate surface area is 161 Å². The highest BCUT2D eigenvalue weighted by molar-refractivity contribution is 6.12. The van der Waals surface area contributed by atoms with E-state index in [0.717, 1.165) is 29.7 Å². The molecule has 4 rings (SSSR count). The number of carbonyl (C=O) groups is 1. The maximum atomic E-state index is 13.1. The summed E-state index contributed by atoms with van der Waals surface area (Å²) in [6.07, 6.45) is 1.99. The molecule has 0 unspecified atom stereocenters. The van der Waals surface area contributed by atoms with E-state index in [1.165, 1.54) is 4.57 Å². The number of fused-ring (bicyclic) bond motifs is 1. The molecule has 1 fully saturated rings. The maximum absolute atomic E-state index is 13.1. The number of hydrogen-bond acceptors (Lipinski definition) is 4. The largest absolute Gasteiger partial charge is 0.329 e. The van der Waals surface area contributed by atoms with Gasteiger partial charge in [0.1, 0.15) is 0 Å². The van der Waals surface area contributed by atoms with E-state index in [4.69, 9.17) is 0 Å². The van der Waals surface area contributed by atoms with E-state index in [9.17, 15) is 14.4 Å². The lowest BCUT2D eigenvalue weighted by atomic mass is 10.1. The number of H-pyrrole nitrogens is 1. The second-order valence-electron chi connectivity index (χ2n) is 7.27. The minimum atomic E-state index is -0.592. The Hall–Kier alpha value is -3.22. The van der Waals surface area contributed by atoms with Gasteiger partial charge in [-0.2, -0.15) is 0 Å². The van der Waals surface area contributed by atoms with Crippen LogP contribution in [0.2, 0.25) is 0 Å². The first-order chi connectivity index (χ1) is 13.4. The summed E-state index contributed by atoms with van der Waals surface area (Å²) in [7, 11) is 0. The molecule has 7 nitrogen and oxygen atoms in total. The normalized spacial score (nSPS) is 13.7. The number of anilines is 1. The van der Waals surface area contributed by atoms with E-state index in [-0.39, 0.29) is 28.4 Å². The molecule has 2 heterocycles. The Morgan fingerprint density at radius 1 is 1.29 bits per heavy atom. The van der Waals surface area contributed by atoms with Crippen LogP contribution >= 0.6 is 0 Å². The van der Waals surface area contributed by atoms with Gasteiger partial charge >= 0.3 is 5.69 Å². The highest BCUT2D eigenvalue weighted by Gasteiger charge is 2.28. The van der Waals surface area contributed by atoms with Crippen LogP contribution in [0.1, 0.15) is 52.9 Å². The van der Waals surface area contributed by atoms with Crippen LogP contribution < -0.4 is 16.6 Å². The zero-order valence-corrected chi connectivity index (χ0v) is 16.1. The molecule has 0 spiro atoms. The molecule has 7 heteroatoms. The van der Waals surface area contributed by atoms with Crippen molar-refractivity contribution in [3.05, 3.63) is 67.5 Å². The fraction of sp³-hybridized carbons (Fsp3) is 0.333. The van der Waals surface area contributed by atoms with Crippen LogP contribution in [-0.4, -0.2) is 20.4 Å². The predicted molar refractivity (Wildman–Crippen MR) is 108 cm³/mol. The number of carbonyl (C=O) groups excluding carboxylic acids is 1. The Balaban J connectivity index is 1.92. The van der Waals surface area contributed by atoms with Gasteiger partial charge in [0.2, 0.25) is 0 Å². The van der Waals surface area contributed by atoms with Gasteiger partial charge in [-0.3, -0.25) is 19.1 Å². The summed E-state index contributed by atoms with van der Waals surface area (Å²) in [4.78, 5) is 44.8. The van der Waals surface area contributed by atoms with Crippen molar-refractivity contribution >= 4 is 22.6 Å². The minimum absolute atomic E-state index is 0.147. The third-order valence-corrected chi connectivity index (χ3v) is 5.38. The zero-order valence-electron chi connectivity index (χ0n) is 16.1. The second-order valence-corrected chi connectivity index (χ2v) is 7.27. The number of rotatable bonds is 4. The lowest BCUT2D eigenvalue weighted by molar-refractivity contribution is 0.102. The van der Waals surface area contributed by atoms with Gasteiger partial charge in [0.15, 0.2) is 5.65 Å². The molecule has 144 valence electrons. The topological polar surface area (TPSA) is 96.9 Å². The lowest BCUT2D eigenvalue weighted by Crippen LogP contribution is -2.32. The number of amides is 1. The minimum Gasteiger partial charge on any atom is -0.322 e. The number of benzene rings is 1. The van der Waals surface area contributed by atoms with E-state index in [0.29, 0.717) is 12.2 Å². The lowest BCUT2D eigenvalue weighted by Gasteiger charge is -2.14. The van der Waals surface area contributed by atoms with Crippen LogP contribution in [0.4, 0.5) is 5.69 Å². The predicted octanol–water partition coefficient (Wildman–Crippen LogP) is 2.85. The van der Waals surface area contributed by atoms with Crippen molar-refractivity contribution in [2.45, 2.75) is 46.1 Å². The molecule has 1 amide bonds. The molecular formula is C21H22N4O3. The highest BCUT2D eigenvalue weighted by Crippen LogP contribution is 2.40. The van der Waals surface area contributed by atoms with Crippen LogP contribution in [0.25, 0.3) is 11.0 Å². The van der Waals surface area contributed by atoms with E-state index in [2.05, 4.69) is 15.3 Å². The second kappa shape index (κ2) is 6.74. The van der Waals surface area contributed by atoms with Gasteiger partial charge in [0, 0.05) is 23.8 Å². The summed E-state index contributed by atoms with van der Waals surface area (Å²) >= 11 is 0. The summed E-state index contributed by atoms with van der Waals surface area (Å²) in [5.74, 6) is -0.105. The highest BCUT2D eigenvalue weighted by atomic mass is 16.2. The van der Waals surface area contributed by atoms with Gasteiger partial charge in [-0.25, -0.2) is 9.78 Å². The number of aromatic nitrogens is 3. The van der Waals surface area contributed by atoms with Crippen LogP contribution in [0.15, 0.2) is 33.9 Å². The van der Waals surface area contributed by atoms with Crippen LogP contribution in [-0.2, 0) is 6.54 Å². The third kappa shape index (κ3) is 3.02. The molecule has 1 saturated carbocycles. The van der Waals surface area contributed by atoms with Crippen molar-refractivity contribution < 1.29 is 4.79 Å². The van der Waals surface area contributed by atoms with Crippen LogP contribution in [0.3, 0.4) is 0 Å². The Morgan fingerprint density at radius 2 is 2.04 bits per heavy atom. The average molecular weight is 378 g/mol. The molecule has 28 heavy (non-hydrogen) atoms. The van der Waals surface area contributed by atoms with Gasteiger partial charge in [0.25, 0.3) is 11.5 Å². The number of pyridine rings is 1. The fourth-order valence-electron chi connectivity index (χ4n) is 3.43. The summed E-state index contributed by atoms with van der Waals surface area (Å²) in [6.45, 7) is 6.07. The van der Waals surface area contributed by atoms with E-state index < -0.39 is 11.2 Å². The smallest absolute Gasteiger partial charge is 0.322 e. The average Bonchev–Trinajstić information content (AvgIpc) is 3.50. The van der Waals surface area contributed by atoms with Gasteiger partial charge in [-0.1, -0.05) is 12.1 Å². The van der Waals surface area contributed by atoms with Gasteiger partial charge < -0.3 is 5.32 Å². The quantitative estimate of drug-likeness (QED) is 0.729. The number of aromatic amines is 1. The first-order valence-electron chi connectivity index (χ1n) is 9.46. The van der Waals surface area contributed by atoms with Crippen molar-refractivity contribution in [1.82, 2.24) is 14.5 Å². The van der Waals surface area contributed by atoms with E-state index in [1.54, 1.807) is 13.0 Å². The number of aryl methyl sites for hydroxylation is 2. The number of hydrogen-bond donors (Lipinski definition) is 2. The molecule has 0 atom stereocenters. The van der Waals surface area contributed by atoms with Crippen LogP contribution in [0.5, 0.6) is 0 Å². The van der Waals surface area contributed by atoms with Crippen LogP contribution in [0, 0.1) is 13.8 Å². The van der Waals surface area contributed by atoms with Crippen molar-refractivity contribution in [1.29, 1.82) is 0 Å². The van der Waals surface area contributed by atoms with Gasteiger partial charge in [-0.05, 0) is 56.9 Å². The fourth-order valence-corrected chi connectivity index (χ4v) is 3.43. The van der Waals surface area contributed by atoms with E-state index in [1.807, 2.05) is 32.0 Å². The standard InChI is InChI=1S/C21H22N4O3/c1-4-25-18-17(20(27)24-21(25)28)14(10-16(22-18)13-8-9-13)19(26)23-15-7-5-6-11(2)12(15)3/h5-7,10,13H,4,8-9H2,1-3H3,(H,23,26)(H,24,27,28). The SMILES string of the molecule is CCn1c(=O)[nH]c(=O)c2c(C(=O)Nc3cccc(C)c3C)cc(C3CC3)nc21. The molecule has 2 aromatic heterocycles. The molecule has 3 aromatic rings. The molecule has 0 bridgehead atoms. The number of nitrogens with zero attached hydrogens (tertiary/aromatic N) is 2. The van der Waals surface area contributed by atoms with Gasteiger partial charge in [0.05, 0.1) is 10.9 Å². The Bertz CT molecular complexity index is 1220. The molecule has 0 saturated heterocycles. The van der Waals surface area contributed by atoms with Crippen molar-refractivity contribution in [3.63, 3.8) is 0 Å². The van der Waals surface area contributed by atoms with E-state index >= 15 is 0 Å². The maximum Gasteiger partial charge on any atom is 0.329 e. The monoisotopic (exact) mass is 378 g/mol. The first kappa shape index (κ1) is 18.2. The zero-order chi connectivity index (χ0) is 20.0. The molecular weight excluding hydrogens is 356 g/mol. The Morgan fingerprint density at radius 3 is 2.71 bits per heavy atom. The van der Waals surface area contributed by atoms with Gasteiger partial charge in [-0.15, -0.1) is 0 Å². The molecule has 1 aliphatic carbocycles.